The van der Waals surface area contributed by atoms with Crippen LogP contribution in [0.15, 0.2) is 42.5 Å². The van der Waals surface area contributed by atoms with Crippen molar-refractivity contribution in [2.75, 3.05) is 21.9 Å². The molecule has 1 amide bonds. The van der Waals surface area contributed by atoms with E-state index in [0.717, 1.165) is 12.5 Å². The maximum atomic E-state index is 13.2. The quantitative estimate of drug-likeness (QED) is 0.880. The van der Waals surface area contributed by atoms with Crippen molar-refractivity contribution in [3.8, 4) is 0 Å². The van der Waals surface area contributed by atoms with E-state index in [4.69, 9.17) is 11.6 Å². The van der Waals surface area contributed by atoms with E-state index in [9.17, 15) is 17.6 Å². The van der Waals surface area contributed by atoms with Crippen molar-refractivity contribution in [2.45, 2.75) is 12.8 Å². The molecular weight excluding hydrogens is 367 g/mol. The van der Waals surface area contributed by atoms with Gasteiger partial charge in [0.25, 0.3) is 5.91 Å². The van der Waals surface area contributed by atoms with Crippen molar-refractivity contribution >= 4 is 38.9 Å². The Morgan fingerprint density at radius 2 is 1.96 bits per heavy atom. The van der Waals surface area contributed by atoms with Gasteiger partial charge in [-0.15, -0.1) is 0 Å². The van der Waals surface area contributed by atoms with Crippen LogP contribution < -0.4 is 9.62 Å². The Morgan fingerprint density at radius 3 is 2.64 bits per heavy atom. The molecule has 25 heavy (non-hydrogen) atoms. The van der Waals surface area contributed by atoms with Crippen molar-refractivity contribution in [1.29, 1.82) is 0 Å². The molecule has 1 aliphatic heterocycles. The lowest BCUT2D eigenvalue weighted by Gasteiger charge is -2.29. The van der Waals surface area contributed by atoms with Crippen LogP contribution in [0.3, 0.4) is 0 Å². The summed E-state index contributed by atoms with van der Waals surface area (Å²) in [7, 11) is -3.36. The summed E-state index contributed by atoms with van der Waals surface area (Å²) in [5, 5.41) is 2.84. The Labute approximate surface area is 150 Å². The van der Waals surface area contributed by atoms with Crippen molar-refractivity contribution in [3.05, 3.63) is 58.9 Å². The molecular formula is C17H16ClFN2O3S. The highest BCUT2D eigenvalue weighted by Gasteiger charge is 2.27. The van der Waals surface area contributed by atoms with Crippen molar-refractivity contribution < 1.29 is 17.6 Å². The molecule has 2 aromatic carbocycles. The number of carbonyl (C=O) groups is 1. The van der Waals surface area contributed by atoms with Gasteiger partial charge in [-0.1, -0.05) is 17.7 Å². The molecule has 0 radical (unpaired) electrons. The largest absolute Gasteiger partial charge is 0.322 e. The van der Waals surface area contributed by atoms with E-state index >= 15 is 0 Å². The molecule has 0 aromatic heterocycles. The van der Waals surface area contributed by atoms with Crippen LogP contribution in [0, 0.1) is 5.82 Å². The standard InChI is InChI=1S/C17H16ClFN2O3S/c18-15-11-14(20-17(22)12-4-3-5-13(19)10-12)6-7-16(15)21-8-1-2-9-25(21,23)24/h3-7,10-11H,1-2,8-9H2,(H,20,22). The zero-order valence-electron chi connectivity index (χ0n) is 13.2. The van der Waals surface area contributed by atoms with Gasteiger partial charge in [0.15, 0.2) is 0 Å². The molecule has 1 N–H and O–H groups in total. The second-order valence-corrected chi connectivity index (χ2v) is 8.15. The first-order chi connectivity index (χ1) is 11.9. The minimum absolute atomic E-state index is 0.0986. The van der Waals surface area contributed by atoms with Crippen LogP contribution in [0.1, 0.15) is 23.2 Å². The first kappa shape index (κ1) is 17.7. The number of benzene rings is 2. The van der Waals surface area contributed by atoms with Crippen LogP contribution in [0.5, 0.6) is 0 Å². The lowest BCUT2D eigenvalue weighted by atomic mass is 10.2. The first-order valence-electron chi connectivity index (χ1n) is 7.74. The number of halogens is 2. The highest BCUT2D eigenvalue weighted by Crippen LogP contribution is 2.32. The van der Waals surface area contributed by atoms with Crippen LogP contribution in [0.2, 0.25) is 5.02 Å². The normalized spacial score (nSPS) is 16.5. The third kappa shape index (κ3) is 3.93. The molecule has 0 saturated carbocycles. The summed E-state index contributed by atoms with van der Waals surface area (Å²) in [6.07, 6.45) is 1.41. The van der Waals surface area contributed by atoms with E-state index in [1.165, 1.54) is 28.6 Å². The summed E-state index contributed by atoms with van der Waals surface area (Å²) in [5.41, 5.74) is 0.973. The topological polar surface area (TPSA) is 66.5 Å². The Balaban J connectivity index is 1.81. The van der Waals surface area contributed by atoms with E-state index in [1.807, 2.05) is 0 Å². The van der Waals surface area contributed by atoms with E-state index in [0.29, 0.717) is 24.3 Å². The highest BCUT2D eigenvalue weighted by atomic mass is 35.5. The molecule has 0 spiro atoms. The van der Waals surface area contributed by atoms with Crippen LogP contribution in [0.25, 0.3) is 0 Å². The van der Waals surface area contributed by atoms with Crippen LogP contribution >= 0.6 is 11.6 Å². The number of sulfonamides is 1. The van der Waals surface area contributed by atoms with E-state index < -0.39 is 21.7 Å². The molecule has 1 fully saturated rings. The number of hydrogen-bond donors (Lipinski definition) is 1. The van der Waals surface area contributed by atoms with Crippen molar-refractivity contribution in [1.82, 2.24) is 0 Å². The molecule has 0 atom stereocenters. The van der Waals surface area contributed by atoms with Gasteiger partial charge in [-0.3, -0.25) is 9.10 Å². The summed E-state index contributed by atoms with van der Waals surface area (Å²) in [4.78, 5) is 12.1. The Bertz CT molecular complexity index is 918. The van der Waals surface area contributed by atoms with Crippen molar-refractivity contribution in [2.24, 2.45) is 0 Å². The number of anilines is 2. The molecule has 0 aliphatic carbocycles. The third-order valence-corrected chi connectivity index (χ3v) is 6.07. The van der Waals surface area contributed by atoms with Gasteiger partial charge >= 0.3 is 0 Å². The molecule has 5 nitrogen and oxygen atoms in total. The molecule has 2 aromatic rings. The van der Waals surface area contributed by atoms with Gasteiger partial charge in [0, 0.05) is 17.8 Å². The van der Waals surface area contributed by atoms with Gasteiger partial charge in [-0.25, -0.2) is 12.8 Å². The molecule has 3 rings (SSSR count). The van der Waals surface area contributed by atoms with Gasteiger partial charge in [0.1, 0.15) is 5.82 Å². The van der Waals surface area contributed by atoms with Gasteiger partial charge < -0.3 is 5.32 Å². The van der Waals surface area contributed by atoms with Crippen LogP contribution in [-0.4, -0.2) is 26.6 Å². The average Bonchev–Trinajstić information content (AvgIpc) is 2.55. The molecule has 132 valence electrons. The fourth-order valence-corrected chi connectivity index (χ4v) is 4.67. The van der Waals surface area contributed by atoms with Crippen LogP contribution in [-0.2, 0) is 10.0 Å². The fraction of sp³-hybridized carbons (Fsp3) is 0.235. The van der Waals surface area contributed by atoms with E-state index in [1.54, 1.807) is 12.1 Å². The predicted octanol–water partition coefficient (Wildman–Crippen LogP) is 3.66. The summed E-state index contributed by atoms with van der Waals surface area (Å²) in [5.74, 6) is -0.883. The summed E-state index contributed by atoms with van der Waals surface area (Å²) in [6.45, 7) is 0.386. The number of carbonyl (C=O) groups excluding carboxylic acids is 1. The Morgan fingerprint density at radius 1 is 1.16 bits per heavy atom. The van der Waals surface area contributed by atoms with Crippen LogP contribution in [0.4, 0.5) is 15.8 Å². The lowest BCUT2D eigenvalue weighted by molar-refractivity contribution is 0.102. The van der Waals surface area contributed by atoms with Gasteiger partial charge in [-0.2, -0.15) is 0 Å². The molecule has 1 heterocycles. The number of nitrogens with zero attached hydrogens (tertiary/aromatic N) is 1. The smallest absolute Gasteiger partial charge is 0.255 e. The second-order valence-electron chi connectivity index (χ2n) is 5.73. The maximum Gasteiger partial charge on any atom is 0.255 e. The SMILES string of the molecule is O=C(Nc1ccc(N2CCCCS2(=O)=O)c(Cl)c1)c1cccc(F)c1. The third-order valence-electron chi connectivity index (χ3n) is 3.91. The second kappa shape index (κ2) is 7.01. The Kier molecular flexibility index (Phi) is 4.96. The molecule has 8 heteroatoms. The first-order valence-corrected chi connectivity index (χ1v) is 9.72. The zero-order chi connectivity index (χ0) is 18.0. The molecule has 0 unspecified atom stereocenters. The lowest BCUT2D eigenvalue weighted by Crippen LogP contribution is -2.38. The average molecular weight is 383 g/mol. The summed E-state index contributed by atoms with van der Waals surface area (Å²) >= 11 is 6.23. The molecule has 1 saturated heterocycles. The van der Waals surface area contributed by atoms with Gasteiger partial charge in [-0.05, 0) is 49.2 Å². The van der Waals surface area contributed by atoms with E-state index in [2.05, 4.69) is 5.32 Å². The number of nitrogens with one attached hydrogen (secondary N) is 1. The number of rotatable bonds is 3. The minimum Gasteiger partial charge on any atom is -0.322 e. The van der Waals surface area contributed by atoms with Gasteiger partial charge in [0.2, 0.25) is 10.0 Å². The van der Waals surface area contributed by atoms with Gasteiger partial charge in [0.05, 0.1) is 16.5 Å². The number of amides is 1. The highest BCUT2D eigenvalue weighted by molar-refractivity contribution is 7.92. The van der Waals surface area contributed by atoms with Crippen molar-refractivity contribution in [3.63, 3.8) is 0 Å². The molecule has 1 aliphatic rings. The van der Waals surface area contributed by atoms with E-state index in [-0.39, 0.29) is 16.3 Å². The predicted molar refractivity (Wildman–Crippen MR) is 96.2 cm³/mol. The zero-order valence-corrected chi connectivity index (χ0v) is 14.8. The fourth-order valence-electron chi connectivity index (χ4n) is 2.68. The Hall–Kier alpha value is -2.12. The minimum atomic E-state index is -3.36. The molecule has 0 bridgehead atoms. The summed E-state index contributed by atoms with van der Waals surface area (Å²) < 4.78 is 38.9. The number of hydrogen-bond acceptors (Lipinski definition) is 3. The maximum absolute atomic E-state index is 13.2. The monoisotopic (exact) mass is 382 g/mol. The summed E-state index contributed by atoms with van der Waals surface area (Å²) in [6, 6.07) is 9.94.